The van der Waals surface area contributed by atoms with E-state index < -0.39 is 0 Å². The van der Waals surface area contributed by atoms with Gasteiger partial charge < -0.3 is 19.7 Å². The van der Waals surface area contributed by atoms with Gasteiger partial charge in [0.1, 0.15) is 0 Å². The third-order valence-corrected chi connectivity index (χ3v) is 4.88. The lowest BCUT2D eigenvalue weighted by Crippen LogP contribution is -2.52. The Morgan fingerprint density at radius 1 is 1.08 bits per heavy atom. The van der Waals surface area contributed by atoms with Crippen molar-refractivity contribution in [3.8, 4) is 11.5 Å². The summed E-state index contributed by atoms with van der Waals surface area (Å²) in [5.74, 6) is 1.53. The van der Waals surface area contributed by atoms with Gasteiger partial charge in [0.2, 0.25) is 0 Å². The predicted octanol–water partition coefficient (Wildman–Crippen LogP) is 2.76. The number of ether oxygens (including phenoxy) is 2. The summed E-state index contributed by atoms with van der Waals surface area (Å²) in [4.78, 5) is 16.5. The van der Waals surface area contributed by atoms with Crippen LogP contribution >= 0.6 is 0 Å². The van der Waals surface area contributed by atoms with Gasteiger partial charge in [-0.3, -0.25) is 4.90 Å². The number of carbonyl (C=O) groups excluding carboxylic acids is 1. The van der Waals surface area contributed by atoms with Crippen LogP contribution in [0.25, 0.3) is 0 Å². The molecule has 0 saturated carbocycles. The number of urea groups is 1. The fourth-order valence-electron chi connectivity index (χ4n) is 3.18. The molecule has 0 aliphatic carbocycles. The molecule has 1 aliphatic heterocycles. The first-order valence-corrected chi connectivity index (χ1v) is 9.64. The van der Waals surface area contributed by atoms with E-state index in [1.54, 1.807) is 14.2 Å². The van der Waals surface area contributed by atoms with Gasteiger partial charge in [-0.2, -0.15) is 0 Å². The minimum Gasteiger partial charge on any atom is -0.493 e. The second-order valence-corrected chi connectivity index (χ2v) is 6.71. The van der Waals surface area contributed by atoms with Crippen LogP contribution in [-0.4, -0.2) is 69.3 Å². The molecule has 2 rings (SSSR count). The summed E-state index contributed by atoms with van der Waals surface area (Å²) in [6.07, 6.45) is 4.37. The van der Waals surface area contributed by atoms with Crippen LogP contribution in [0.3, 0.4) is 0 Å². The van der Waals surface area contributed by atoms with Crippen molar-refractivity contribution in [2.45, 2.75) is 32.6 Å². The smallest absolute Gasteiger partial charge is 0.317 e. The molecule has 26 heavy (non-hydrogen) atoms. The van der Waals surface area contributed by atoms with E-state index in [-0.39, 0.29) is 6.03 Å². The third-order valence-electron chi connectivity index (χ3n) is 4.88. The standard InChI is InChI=1S/C20H33N3O3/c1-4-5-6-10-21-20(24)23-14-12-22(13-15-23)11-9-17-7-8-18(25-2)19(16-17)26-3/h7-8,16H,4-6,9-15H2,1-3H3,(H,21,24). The number of hydrogen-bond donors (Lipinski definition) is 1. The fraction of sp³-hybridized carbons (Fsp3) is 0.650. The summed E-state index contributed by atoms with van der Waals surface area (Å²) in [6, 6.07) is 6.16. The van der Waals surface area contributed by atoms with Gasteiger partial charge in [0, 0.05) is 39.3 Å². The summed E-state index contributed by atoms with van der Waals surface area (Å²) >= 11 is 0. The van der Waals surface area contributed by atoms with Crippen LogP contribution < -0.4 is 14.8 Å². The van der Waals surface area contributed by atoms with Gasteiger partial charge in [0.05, 0.1) is 14.2 Å². The van der Waals surface area contributed by atoms with Gasteiger partial charge in [0.25, 0.3) is 0 Å². The number of nitrogens with zero attached hydrogens (tertiary/aromatic N) is 2. The first-order chi connectivity index (χ1) is 12.7. The van der Waals surface area contributed by atoms with E-state index in [1.165, 1.54) is 18.4 Å². The maximum Gasteiger partial charge on any atom is 0.317 e. The Labute approximate surface area is 157 Å². The van der Waals surface area contributed by atoms with Crippen LogP contribution in [-0.2, 0) is 6.42 Å². The molecule has 2 amide bonds. The minimum absolute atomic E-state index is 0.0839. The molecular formula is C20H33N3O3. The molecule has 146 valence electrons. The lowest BCUT2D eigenvalue weighted by atomic mass is 10.1. The topological polar surface area (TPSA) is 54.0 Å². The van der Waals surface area contributed by atoms with E-state index in [1.807, 2.05) is 17.0 Å². The molecule has 1 N–H and O–H groups in total. The number of piperazine rings is 1. The Kier molecular flexibility index (Phi) is 8.54. The fourth-order valence-corrected chi connectivity index (χ4v) is 3.18. The second kappa shape index (κ2) is 10.9. The molecule has 0 aromatic heterocycles. The van der Waals surface area contributed by atoms with Crippen molar-refractivity contribution < 1.29 is 14.3 Å². The molecule has 0 unspecified atom stereocenters. The van der Waals surface area contributed by atoms with Crippen LogP contribution in [0.1, 0.15) is 31.7 Å². The van der Waals surface area contributed by atoms with E-state index in [0.717, 1.165) is 63.6 Å². The molecule has 1 aromatic rings. The van der Waals surface area contributed by atoms with Gasteiger partial charge in [-0.15, -0.1) is 0 Å². The largest absolute Gasteiger partial charge is 0.493 e. The zero-order valence-electron chi connectivity index (χ0n) is 16.4. The number of amides is 2. The lowest BCUT2D eigenvalue weighted by molar-refractivity contribution is 0.140. The Morgan fingerprint density at radius 2 is 1.81 bits per heavy atom. The number of methoxy groups -OCH3 is 2. The second-order valence-electron chi connectivity index (χ2n) is 6.71. The average Bonchev–Trinajstić information content (AvgIpc) is 2.69. The highest BCUT2D eigenvalue weighted by Gasteiger charge is 2.20. The number of benzene rings is 1. The van der Waals surface area contributed by atoms with Crippen molar-refractivity contribution in [2.24, 2.45) is 0 Å². The maximum atomic E-state index is 12.1. The van der Waals surface area contributed by atoms with Gasteiger partial charge in [-0.1, -0.05) is 25.8 Å². The summed E-state index contributed by atoms with van der Waals surface area (Å²) in [5, 5.41) is 3.03. The average molecular weight is 364 g/mol. The Bertz CT molecular complexity index is 557. The molecule has 6 heteroatoms. The van der Waals surface area contributed by atoms with Crippen LogP contribution in [0.2, 0.25) is 0 Å². The Morgan fingerprint density at radius 3 is 2.46 bits per heavy atom. The van der Waals surface area contributed by atoms with Crippen molar-refractivity contribution in [3.05, 3.63) is 23.8 Å². The summed E-state index contributed by atoms with van der Waals surface area (Å²) in [5.41, 5.74) is 1.23. The van der Waals surface area contributed by atoms with E-state index in [0.29, 0.717) is 0 Å². The van der Waals surface area contributed by atoms with Crippen molar-refractivity contribution in [3.63, 3.8) is 0 Å². The van der Waals surface area contributed by atoms with E-state index in [4.69, 9.17) is 9.47 Å². The zero-order chi connectivity index (χ0) is 18.8. The monoisotopic (exact) mass is 363 g/mol. The quantitative estimate of drug-likeness (QED) is 0.686. The molecular weight excluding hydrogens is 330 g/mol. The lowest BCUT2D eigenvalue weighted by Gasteiger charge is -2.34. The van der Waals surface area contributed by atoms with Crippen LogP contribution in [0, 0.1) is 0 Å². The normalized spacial score (nSPS) is 15.0. The summed E-state index contributed by atoms with van der Waals surface area (Å²) < 4.78 is 10.6. The predicted molar refractivity (Wildman–Crippen MR) is 104 cm³/mol. The van der Waals surface area contributed by atoms with Crippen molar-refractivity contribution in [1.82, 2.24) is 15.1 Å². The summed E-state index contributed by atoms with van der Waals surface area (Å²) in [6.45, 7) is 7.39. The van der Waals surface area contributed by atoms with E-state index in [2.05, 4.69) is 23.2 Å². The SMILES string of the molecule is CCCCCNC(=O)N1CCN(CCc2ccc(OC)c(OC)c2)CC1. The van der Waals surface area contributed by atoms with Crippen molar-refractivity contribution >= 4 is 6.03 Å². The number of nitrogens with one attached hydrogen (secondary N) is 1. The van der Waals surface area contributed by atoms with Gasteiger partial charge in [-0.25, -0.2) is 4.79 Å². The van der Waals surface area contributed by atoms with Crippen LogP contribution in [0.5, 0.6) is 11.5 Å². The maximum absolute atomic E-state index is 12.1. The number of unbranched alkanes of at least 4 members (excludes halogenated alkanes) is 2. The van der Waals surface area contributed by atoms with E-state index in [9.17, 15) is 4.79 Å². The molecule has 1 fully saturated rings. The molecule has 1 aromatic carbocycles. The molecule has 0 spiro atoms. The molecule has 0 bridgehead atoms. The van der Waals surface area contributed by atoms with Gasteiger partial charge in [-0.05, 0) is 30.5 Å². The molecule has 0 atom stereocenters. The van der Waals surface area contributed by atoms with Crippen LogP contribution in [0.4, 0.5) is 4.79 Å². The summed E-state index contributed by atoms with van der Waals surface area (Å²) in [7, 11) is 3.31. The highest BCUT2D eigenvalue weighted by molar-refractivity contribution is 5.74. The van der Waals surface area contributed by atoms with E-state index >= 15 is 0 Å². The van der Waals surface area contributed by atoms with Crippen LogP contribution in [0.15, 0.2) is 18.2 Å². The number of rotatable bonds is 9. The minimum atomic E-state index is 0.0839. The Hall–Kier alpha value is -1.95. The zero-order valence-corrected chi connectivity index (χ0v) is 16.4. The highest BCUT2D eigenvalue weighted by atomic mass is 16.5. The first-order valence-electron chi connectivity index (χ1n) is 9.64. The number of hydrogen-bond acceptors (Lipinski definition) is 4. The molecule has 0 radical (unpaired) electrons. The molecule has 1 heterocycles. The molecule has 1 aliphatic rings. The van der Waals surface area contributed by atoms with Crippen molar-refractivity contribution in [1.29, 1.82) is 0 Å². The molecule has 1 saturated heterocycles. The van der Waals surface area contributed by atoms with Gasteiger partial charge >= 0.3 is 6.03 Å². The van der Waals surface area contributed by atoms with Gasteiger partial charge in [0.15, 0.2) is 11.5 Å². The highest BCUT2D eigenvalue weighted by Crippen LogP contribution is 2.27. The number of carbonyl (C=O) groups is 1. The Balaban J connectivity index is 1.71. The van der Waals surface area contributed by atoms with Crippen molar-refractivity contribution in [2.75, 3.05) is 53.5 Å². The molecule has 6 nitrogen and oxygen atoms in total. The first kappa shape index (κ1) is 20.4. The third kappa shape index (κ3) is 6.09.